The molecular formula is C11H13ClO3. The van der Waals surface area contributed by atoms with Crippen molar-refractivity contribution in [3.63, 3.8) is 0 Å². The number of carboxylic acid groups (broad SMARTS) is 1. The number of carbonyl (C=O) groups is 1. The van der Waals surface area contributed by atoms with Crippen LogP contribution in [0.1, 0.15) is 12.5 Å². The summed E-state index contributed by atoms with van der Waals surface area (Å²) < 4.78 is 5.26. The Balaban J connectivity index is 2.38. The predicted octanol–water partition coefficient (Wildman–Crippen LogP) is 2.58. The molecule has 0 heterocycles. The van der Waals surface area contributed by atoms with E-state index in [4.69, 9.17) is 21.4 Å². The first-order valence-electron chi connectivity index (χ1n) is 4.65. The van der Waals surface area contributed by atoms with Gasteiger partial charge in [0.2, 0.25) is 0 Å². The molecule has 1 aromatic carbocycles. The molecule has 0 amide bonds. The lowest BCUT2D eigenvalue weighted by Crippen LogP contribution is -2.16. The van der Waals surface area contributed by atoms with Gasteiger partial charge in [-0.3, -0.25) is 4.79 Å². The number of aliphatic carboxylic acids is 1. The summed E-state index contributed by atoms with van der Waals surface area (Å²) in [7, 11) is 0. The van der Waals surface area contributed by atoms with E-state index >= 15 is 0 Å². The number of ether oxygens (including phenoxy) is 1. The first kappa shape index (κ1) is 12.0. The molecule has 15 heavy (non-hydrogen) atoms. The van der Waals surface area contributed by atoms with Gasteiger partial charge in [-0.15, -0.1) is 0 Å². The Hall–Kier alpha value is -1.06. The summed E-state index contributed by atoms with van der Waals surface area (Å²) in [6.45, 7) is 2.15. The molecule has 1 N–H and O–H groups in total. The highest BCUT2D eigenvalue weighted by Crippen LogP contribution is 2.15. The number of hydrogen-bond donors (Lipinski definition) is 1. The van der Waals surface area contributed by atoms with Crippen LogP contribution in [-0.4, -0.2) is 17.7 Å². The lowest BCUT2D eigenvalue weighted by molar-refractivity contribution is -0.143. The monoisotopic (exact) mass is 228 g/mol. The van der Waals surface area contributed by atoms with Crippen LogP contribution in [-0.2, 0) is 16.1 Å². The fraction of sp³-hybridized carbons (Fsp3) is 0.364. The maximum absolute atomic E-state index is 10.5. The van der Waals surface area contributed by atoms with E-state index in [-0.39, 0.29) is 6.61 Å². The van der Waals surface area contributed by atoms with Crippen LogP contribution in [0.3, 0.4) is 0 Å². The fourth-order valence-corrected chi connectivity index (χ4v) is 1.22. The van der Waals surface area contributed by atoms with E-state index in [9.17, 15) is 4.79 Å². The molecule has 1 atom stereocenters. The van der Waals surface area contributed by atoms with Crippen LogP contribution >= 0.6 is 11.6 Å². The van der Waals surface area contributed by atoms with Crippen LogP contribution in [0.4, 0.5) is 0 Å². The second kappa shape index (κ2) is 5.73. The predicted molar refractivity (Wildman–Crippen MR) is 57.9 cm³/mol. The van der Waals surface area contributed by atoms with Crippen molar-refractivity contribution in [2.75, 3.05) is 6.61 Å². The van der Waals surface area contributed by atoms with E-state index in [1.54, 1.807) is 13.0 Å². The SMILES string of the molecule is CC(COCc1ccccc1Cl)C(=O)O. The first-order valence-corrected chi connectivity index (χ1v) is 5.03. The molecule has 0 spiro atoms. The minimum absolute atomic E-state index is 0.195. The molecule has 0 aliphatic heterocycles. The highest BCUT2D eigenvalue weighted by Gasteiger charge is 2.10. The smallest absolute Gasteiger partial charge is 0.308 e. The third-order valence-corrected chi connectivity index (χ3v) is 2.37. The number of hydrogen-bond acceptors (Lipinski definition) is 2. The Morgan fingerprint density at radius 2 is 2.20 bits per heavy atom. The summed E-state index contributed by atoms with van der Waals surface area (Å²) in [4.78, 5) is 10.5. The lowest BCUT2D eigenvalue weighted by atomic mass is 10.2. The van der Waals surface area contributed by atoms with Crippen molar-refractivity contribution in [2.24, 2.45) is 5.92 Å². The van der Waals surface area contributed by atoms with E-state index in [0.29, 0.717) is 11.6 Å². The van der Waals surface area contributed by atoms with E-state index in [1.165, 1.54) is 0 Å². The fourth-order valence-electron chi connectivity index (χ4n) is 1.03. The third-order valence-electron chi connectivity index (χ3n) is 2.00. The second-order valence-corrected chi connectivity index (χ2v) is 3.75. The van der Waals surface area contributed by atoms with E-state index in [1.807, 2.05) is 18.2 Å². The van der Waals surface area contributed by atoms with Gasteiger partial charge in [0.05, 0.1) is 19.1 Å². The Labute approximate surface area is 93.6 Å². The largest absolute Gasteiger partial charge is 0.481 e. The van der Waals surface area contributed by atoms with Crippen LogP contribution in [0.25, 0.3) is 0 Å². The Morgan fingerprint density at radius 3 is 2.80 bits per heavy atom. The maximum atomic E-state index is 10.5. The molecule has 0 radical (unpaired) electrons. The van der Waals surface area contributed by atoms with Gasteiger partial charge in [-0.2, -0.15) is 0 Å². The zero-order valence-electron chi connectivity index (χ0n) is 8.44. The molecule has 0 aromatic heterocycles. The van der Waals surface area contributed by atoms with Gasteiger partial charge in [-0.05, 0) is 18.6 Å². The molecule has 82 valence electrons. The van der Waals surface area contributed by atoms with E-state index in [0.717, 1.165) is 5.56 Å². The Morgan fingerprint density at radius 1 is 1.53 bits per heavy atom. The van der Waals surface area contributed by atoms with Crippen LogP contribution < -0.4 is 0 Å². The minimum Gasteiger partial charge on any atom is -0.481 e. The molecule has 3 nitrogen and oxygen atoms in total. The average molecular weight is 229 g/mol. The zero-order valence-corrected chi connectivity index (χ0v) is 9.20. The average Bonchev–Trinajstić information content (AvgIpc) is 2.20. The van der Waals surface area contributed by atoms with Gasteiger partial charge in [0.25, 0.3) is 0 Å². The molecule has 1 aromatic rings. The van der Waals surface area contributed by atoms with Crippen molar-refractivity contribution >= 4 is 17.6 Å². The van der Waals surface area contributed by atoms with Gasteiger partial charge in [0.15, 0.2) is 0 Å². The Kier molecular flexibility index (Phi) is 4.59. The summed E-state index contributed by atoms with van der Waals surface area (Å²) in [5, 5.41) is 9.27. The van der Waals surface area contributed by atoms with Crippen LogP contribution in [0, 0.1) is 5.92 Å². The van der Waals surface area contributed by atoms with Gasteiger partial charge in [-0.1, -0.05) is 29.8 Å². The molecule has 0 bridgehead atoms. The summed E-state index contributed by atoms with van der Waals surface area (Å²) in [5.41, 5.74) is 0.872. The molecule has 1 rings (SSSR count). The van der Waals surface area contributed by atoms with Crippen molar-refractivity contribution in [3.05, 3.63) is 34.9 Å². The van der Waals surface area contributed by atoms with E-state index < -0.39 is 11.9 Å². The molecule has 0 fully saturated rings. The summed E-state index contributed by atoms with van der Waals surface area (Å²) in [6.07, 6.45) is 0. The minimum atomic E-state index is -0.853. The summed E-state index contributed by atoms with van der Waals surface area (Å²) >= 11 is 5.91. The number of halogens is 1. The molecular weight excluding hydrogens is 216 g/mol. The number of carboxylic acids is 1. The topological polar surface area (TPSA) is 46.5 Å². The normalized spacial score (nSPS) is 12.4. The standard InChI is InChI=1S/C11H13ClO3/c1-8(11(13)14)6-15-7-9-4-2-3-5-10(9)12/h2-5,8H,6-7H2,1H3,(H,13,14). The van der Waals surface area contributed by atoms with Crippen LogP contribution in [0.2, 0.25) is 5.02 Å². The van der Waals surface area contributed by atoms with Crippen molar-refractivity contribution < 1.29 is 14.6 Å². The quantitative estimate of drug-likeness (QED) is 0.843. The second-order valence-electron chi connectivity index (χ2n) is 3.35. The van der Waals surface area contributed by atoms with Gasteiger partial charge < -0.3 is 9.84 Å². The van der Waals surface area contributed by atoms with Gasteiger partial charge >= 0.3 is 5.97 Å². The highest BCUT2D eigenvalue weighted by atomic mass is 35.5. The first-order chi connectivity index (χ1) is 7.11. The molecule has 1 unspecified atom stereocenters. The van der Waals surface area contributed by atoms with Gasteiger partial charge in [0, 0.05) is 5.02 Å². The maximum Gasteiger partial charge on any atom is 0.308 e. The van der Waals surface area contributed by atoms with Crippen molar-refractivity contribution in [1.29, 1.82) is 0 Å². The molecule has 0 saturated carbocycles. The number of rotatable bonds is 5. The molecule has 0 aliphatic rings. The third kappa shape index (κ3) is 3.90. The lowest BCUT2D eigenvalue weighted by Gasteiger charge is -2.08. The molecule has 4 heteroatoms. The highest BCUT2D eigenvalue weighted by molar-refractivity contribution is 6.31. The van der Waals surface area contributed by atoms with Crippen molar-refractivity contribution in [1.82, 2.24) is 0 Å². The van der Waals surface area contributed by atoms with Crippen molar-refractivity contribution in [3.8, 4) is 0 Å². The van der Waals surface area contributed by atoms with Crippen LogP contribution in [0.5, 0.6) is 0 Å². The molecule has 0 saturated heterocycles. The zero-order chi connectivity index (χ0) is 11.3. The summed E-state index contributed by atoms with van der Waals surface area (Å²) in [6, 6.07) is 7.34. The number of benzene rings is 1. The van der Waals surface area contributed by atoms with Gasteiger partial charge in [0.1, 0.15) is 0 Å². The van der Waals surface area contributed by atoms with Gasteiger partial charge in [-0.25, -0.2) is 0 Å². The van der Waals surface area contributed by atoms with E-state index in [2.05, 4.69) is 0 Å². The van der Waals surface area contributed by atoms with Crippen molar-refractivity contribution in [2.45, 2.75) is 13.5 Å². The van der Waals surface area contributed by atoms with Crippen LogP contribution in [0.15, 0.2) is 24.3 Å². The Bertz CT molecular complexity index is 338. The molecule has 0 aliphatic carbocycles. The summed E-state index contributed by atoms with van der Waals surface area (Å²) in [5.74, 6) is -1.35.